The monoisotopic (exact) mass is 332 g/mol. The van der Waals surface area contributed by atoms with E-state index in [1.165, 1.54) is 0 Å². The fourth-order valence-corrected chi connectivity index (χ4v) is 2.75. The zero-order chi connectivity index (χ0) is 16.8. The summed E-state index contributed by atoms with van der Waals surface area (Å²) >= 11 is 0. The average Bonchev–Trinajstić information content (AvgIpc) is 2.53. The molecule has 0 aromatic heterocycles. The number of nitrogens with one attached hydrogen (secondary N) is 2. The minimum absolute atomic E-state index is 0.107. The maximum atomic E-state index is 11.9. The minimum Gasteiger partial charge on any atom is -0.387 e. The number of carbonyl (C=O) groups excluding carboxylic acids is 1. The van der Waals surface area contributed by atoms with E-state index in [2.05, 4.69) is 10.6 Å². The largest absolute Gasteiger partial charge is 0.387 e. The third-order valence-electron chi connectivity index (χ3n) is 3.43. The molecular weight excluding hydrogens is 312 g/mol. The Bertz CT molecular complexity index is 718. The van der Waals surface area contributed by atoms with Crippen LogP contribution in [-0.4, -0.2) is 28.1 Å². The highest BCUT2D eigenvalue weighted by atomic mass is 32.2. The fraction of sp³-hybridized carbons (Fsp3) is 0.235. The highest BCUT2D eigenvalue weighted by Crippen LogP contribution is 2.16. The van der Waals surface area contributed by atoms with E-state index in [4.69, 9.17) is 0 Å². The molecule has 0 spiro atoms. The molecule has 6 heteroatoms. The van der Waals surface area contributed by atoms with Crippen molar-refractivity contribution in [1.82, 2.24) is 5.32 Å². The standard InChI is InChI=1S/C17H20N2O3S/c1-12-6-3-4-9-15(12)16(20)11-18-17(21)19-13-7-5-8-14(10-13)23(2)22/h3-10,16,20H,11H2,1-2H3,(H2,18,19,21). The van der Waals surface area contributed by atoms with E-state index < -0.39 is 22.9 Å². The predicted octanol–water partition coefficient (Wildman–Crippen LogP) is 2.59. The molecule has 2 unspecified atom stereocenters. The molecule has 2 rings (SSSR count). The number of aryl methyl sites for hydroxylation is 1. The lowest BCUT2D eigenvalue weighted by molar-refractivity contribution is 0.174. The Balaban J connectivity index is 1.91. The van der Waals surface area contributed by atoms with Crippen LogP contribution in [0.3, 0.4) is 0 Å². The second-order valence-corrected chi connectivity index (χ2v) is 6.57. The molecular formula is C17H20N2O3S. The van der Waals surface area contributed by atoms with Gasteiger partial charge in [0.2, 0.25) is 0 Å². The molecule has 23 heavy (non-hydrogen) atoms. The number of rotatable bonds is 5. The summed E-state index contributed by atoms with van der Waals surface area (Å²) in [5.74, 6) is 0. The summed E-state index contributed by atoms with van der Waals surface area (Å²) in [6.07, 6.45) is 0.814. The molecule has 0 aliphatic rings. The quantitative estimate of drug-likeness (QED) is 0.787. The number of benzene rings is 2. The number of carbonyl (C=O) groups is 1. The van der Waals surface area contributed by atoms with Crippen LogP contribution in [0.15, 0.2) is 53.4 Å². The van der Waals surface area contributed by atoms with Crippen LogP contribution < -0.4 is 10.6 Å². The Hall–Kier alpha value is -2.18. The first-order valence-corrected chi connectivity index (χ1v) is 8.75. The number of anilines is 1. The van der Waals surface area contributed by atoms with E-state index >= 15 is 0 Å². The van der Waals surface area contributed by atoms with Crippen LogP contribution in [0.4, 0.5) is 10.5 Å². The van der Waals surface area contributed by atoms with Gasteiger partial charge in [-0.25, -0.2) is 4.79 Å². The van der Waals surface area contributed by atoms with Crippen molar-refractivity contribution in [3.05, 3.63) is 59.7 Å². The Morgan fingerprint density at radius 1 is 1.22 bits per heavy atom. The lowest BCUT2D eigenvalue weighted by atomic mass is 10.0. The number of aliphatic hydroxyl groups is 1. The van der Waals surface area contributed by atoms with Gasteiger partial charge in [-0.1, -0.05) is 30.3 Å². The smallest absolute Gasteiger partial charge is 0.319 e. The van der Waals surface area contributed by atoms with Gasteiger partial charge in [-0.3, -0.25) is 4.21 Å². The molecule has 0 heterocycles. The first-order chi connectivity index (χ1) is 11.0. The summed E-state index contributed by atoms with van der Waals surface area (Å²) in [7, 11) is -1.10. The van der Waals surface area contributed by atoms with Crippen molar-refractivity contribution in [2.24, 2.45) is 0 Å². The van der Waals surface area contributed by atoms with E-state index in [-0.39, 0.29) is 6.54 Å². The summed E-state index contributed by atoms with van der Waals surface area (Å²) in [4.78, 5) is 12.5. The molecule has 2 atom stereocenters. The Morgan fingerprint density at radius 2 is 1.96 bits per heavy atom. The van der Waals surface area contributed by atoms with Crippen molar-refractivity contribution in [3.63, 3.8) is 0 Å². The van der Waals surface area contributed by atoms with Crippen molar-refractivity contribution in [2.75, 3.05) is 18.1 Å². The van der Waals surface area contributed by atoms with Gasteiger partial charge in [-0.2, -0.15) is 0 Å². The summed E-state index contributed by atoms with van der Waals surface area (Å²) in [5, 5.41) is 15.4. The zero-order valence-corrected chi connectivity index (χ0v) is 13.9. The highest BCUT2D eigenvalue weighted by Gasteiger charge is 2.11. The molecule has 0 saturated heterocycles. The van der Waals surface area contributed by atoms with Gasteiger partial charge in [-0.05, 0) is 36.2 Å². The third-order valence-corrected chi connectivity index (χ3v) is 4.35. The summed E-state index contributed by atoms with van der Waals surface area (Å²) in [5.41, 5.74) is 2.32. The van der Waals surface area contributed by atoms with E-state index in [1.807, 2.05) is 31.2 Å². The van der Waals surface area contributed by atoms with Crippen molar-refractivity contribution in [1.29, 1.82) is 0 Å². The number of urea groups is 1. The predicted molar refractivity (Wildman–Crippen MR) is 91.9 cm³/mol. The average molecular weight is 332 g/mol. The molecule has 0 aliphatic carbocycles. The van der Waals surface area contributed by atoms with Gasteiger partial charge < -0.3 is 15.7 Å². The molecule has 0 fully saturated rings. The molecule has 0 bridgehead atoms. The molecule has 5 nitrogen and oxygen atoms in total. The number of amides is 2. The minimum atomic E-state index is -1.10. The first kappa shape index (κ1) is 17.2. The lowest BCUT2D eigenvalue weighted by Crippen LogP contribution is -2.32. The van der Waals surface area contributed by atoms with E-state index in [0.29, 0.717) is 10.6 Å². The van der Waals surface area contributed by atoms with Crippen molar-refractivity contribution >= 4 is 22.5 Å². The maximum Gasteiger partial charge on any atom is 0.319 e. The Kier molecular flexibility index (Phi) is 5.90. The topological polar surface area (TPSA) is 78.4 Å². The van der Waals surface area contributed by atoms with Crippen LogP contribution in [0.2, 0.25) is 0 Å². The van der Waals surface area contributed by atoms with E-state index in [1.54, 1.807) is 30.5 Å². The maximum absolute atomic E-state index is 11.9. The van der Waals surface area contributed by atoms with E-state index in [0.717, 1.165) is 11.1 Å². The molecule has 0 aliphatic heterocycles. The van der Waals surface area contributed by atoms with Crippen molar-refractivity contribution in [3.8, 4) is 0 Å². The second kappa shape index (κ2) is 7.89. The molecule has 0 radical (unpaired) electrons. The molecule has 2 aromatic carbocycles. The number of hydrogen-bond donors (Lipinski definition) is 3. The lowest BCUT2D eigenvalue weighted by Gasteiger charge is -2.15. The van der Waals surface area contributed by atoms with Crippen LogP contribution in [-0.2, 0) is 10.8 Å². The zero-order valence-electron chi connectivity index (χ0n) is 13.1. The second-order valence-electron chi connectivity index (χ2n) is 5.19. The molecule has 0 saturated carbocycles. The normalized spacial score (nSPS) is 13.2. The highest BCUT2D eigenvalue weighted by molar-refractivity contribution is 7.84. The Labute approximate surface area is 138 Å². The van der Waals surface area contributed by atoms with Crippen LogP contribution in [0.25, 0.3) is 0 Å². The van der Waals surface area contributed by atoms with Gasteiger partial charge in [0.25, 0.3) is 0 Å². The first-order valence-electron chi connectivity index (χ1n) is 7.19. The van der Waals surface area contributed by atoms with Gasteiger partial charge in [-0.15, -0.1) is 0 Å². The summed E-state index contributed by atoms with van der Waals surface area (Å²) < 4.78 is 11.4. The van der Waals surface area contributed by atoms with Crippen LogP contribution in [0.5, 0.6) is 0 Å². The van der Waals surface area contributed by atoms with Crippen LogP contribution in [0, 0.1) is 6.92 Å². The van der Waals surface area contributed by atoms with Crippen LogP contribution >= 0.6 is 0 Å². The van der Waals surface area contributed by atoms with Gasteiger partial charge in [0, 0.05) is 34.2 Å². The molecule has 3 N–H and O–H groups in total. The molecule has 122 valence electrons. The SMILES string of the molecule is Cc1ccccc1C(O)CNC(=O)Nc1cccc(S(C)=O)c1. The van der Waals surface area contributed by atoms with Crippen molar-refractivity contribution < 1.29 is 14.1 Å². The van der Waals surface area contributed by atoms with E-state index in [9.17, 15) is 14.1 Å². The molecule has 2 amide bonds. The molecule has 2 aromatic rings. The van der Waals surface area contributed by atoms with Gasteiger partial charge in [0.05, 0.1) is 6.10 Å². The van der Waals surface area contributed by atoms with Gasteiger partial charge in [0.1, 0.15) is 0 Å². The number of hydrogen-bond acceptors (Lipinski definition) is 3. The third kappa shape index (κ3) is 4.91. The van der Waals surface area contributed by atoms with Gasteiger partial charge in [0.15, 0.2) is 0 Å². The summed E-state index contributed by atoms with van der Waals surface area (Å²) in [6, 6.07) is 13.9. The summed E-state index contributed by atoms with van der Waals surface area (Å²) in [6.45, 7) is 2.02. The Morgan fingerprint density at radius 3 is 2.65 bits per heavy atom. The number of aliphatic hydroxyl groups excluding tert-OH is 1. The van der Waals surface area contributed by atoms with Crippen LogP contribution in [0.1, 0.15) is 17.2 Å². The van der Waals surface area contributed by atoms with Gasteiger partial charge >= 0.3 is 6.03 Å². The van der Waals surface area contributed by atoms with Crippen molar-refractivity contribution in [2.45, 2.75) is 17.9 Å². The fourth-order valence-electron chi connectivity index (χ4n) is 2.19.